The van der Waals surface area contributed by atoms with Gasteiger partial charge in [-0.15, -0.1) is 11.3 Å². The molecule has 2 nitrogen and oxygen atoms in total. The molecule has 0 aliphatic heterocycles. The van der Waals surface area contributed by atoms with Crippen LogP contribution in [0.1, 0.15) is 37.3 Å². The highest BCUT2D eigenvalue weighted by Gasteiger charge is 2.08. The van der Waals surface area contributed by atoms with Crippen LogP contribution in [-0.4, -0.2) is 4.57 Å². The Kier molecular flexibility index (Phi) is 5.87. The minimum atomic E-state index is 1.02. The van der Waals surface area contributed by atoms with Crippen molar-refractivity contribution in [1.29, 1.82) is 0 Å². The lowest BCUT2D eigenvalue weighted by Crippen LogP contribution is -2.16. The van der Waals surface area contributed by atoms with Crippen LogP contribution < -0.4 is 4.80 Å². The lowest BCUT2D eigenvalue weighted by Gasteiger charge is -2.09. The maximum atomic E-state index is 4.91. The lowest BCUT2D eigenvalue weighted by atomic mass is 10.1. The third-order valence-corrected chi connectivity index (χ3v) is 5.25. The molecule has 0 spiro atoms. The van der Waals surface area contributed by atoms with Crippen LogP contribution in [0.3, 0.4) is 0 Å². The molecule has 3 rings (SSSR count). The molecule has 0 radical (unpaired) electrons. The third-order valence-electron chi connectivity index (χ3n) is 4.39. The quantitative estimate of drug-likeness (QED) is 0.467. The summed E-state index contributed by atoms with van der Waals surface area (Å²) in [7, 11) is 0. The molecule has 0 aliphatic carbocycles. The van der Waals surface area contributed by atoms with Crippen LogP contribution in [-0.2, 0) is 6.54 Å². The predicted octanol–water partition coefficient (Wildman–Crippen LogP) is 6.26. The smallest absolute Gasteiger partial charge is 0.190 e. The van der Waals surface area contributed by atoms with E-state index in [4.69, 9.17) is 4.99 Å². The van der Waals surface area contributed by atoms with Gasteiger partial charge in [0, 0.05) is 11.9 Å². The summed E-state index contributed by atoms with van der Waals surface area (Å²) in [5.41, 5.74) is 6.12. The molecule has 0 aliphatic rings. The Bertz CT molecular complexity index is 868. The number of aromatic nitrogens is 1. The van der Waals surface area contributed by atoms with E-state index in [9.17, 15) is 0 Å². The molecule has 0 atom stereocenters. The zero-order valence-electron chi connectivity index (χ0n) is 15.3. The minimum absolute atomic E-state index is 1.02. The first-order valence-electron chi connectivity index (χ1n) is 9.04. The van der Waals surface area contributed by atoms with E-state index >= 15 is 0 Å². The standard InChI is InChI=1S/C22H26N2S/c1-4-5-6-15-24-21(19-11-7-17(2)8-12-19)16-25-22(24)23-20-13-9-18(3)10-14-20/h7-14,16H,4-6,15H2,1-3H3. The topological polar surface area (TPSA) is 17.3 Å². The first-order chi connectivity index (χ1) is 12.2. The summed E-state index contributed by atoms with van der Waals surface area (Å²) < 4.78 is 2.38. The highest BCUT2D eigenvalue weighted by atomic mass is 32.1. The van der Waals surface area contributed by atoms with Crippen LogP contribution >= 0.6 is 11.3 Å². The average Bonchev–Trinajstić information content (AvgIpc) is 3.01. The van der Waals surface area contributed by atoms with Gasteiger partial charge in [-0.1, -0.05) is 67.3 Å². The molecule has 25 heavy (non-hydrogen) atoms. The van der Waals surface area contributed by atoms with Crippen LogP contribution in [0.4, 0.5) is 5.69 Å². The zero-order valence-corrected chi connectivity index (χ0v) is 16.1. The van der Waals surface area contributed by atoms with Crippen LogP contribution in [0.25, 0.3) is 11.3 Å². The van der Waals surface area contributed by atoms with Crippen molar-refractivity contribution in [3.63, 3.8) is 0 Å². The summed E-state index contributed by atoms with van der Waals surface area (Å²) in [6.07, 6.45) is 3.67. The summed E-state index contributed by atoms with van der Waals surface area (Å²) in [5, 5.41) is 2.24. The normalized spacial score (nSPS) is 11.9. The third kappa shape index (κ3) is 4.49. The van der Waals surface area contributed by atoms with Gasteiger partial charge in [0.15, 0.2) is 4.80 Å². The Morgan fingerprint density at radius 3 is 2.16 bits per heavy atom. The van der Waals surface area contributed by atoms with Crippen molar-refractivity contribution < 1.29 is 0 Å². The molecule has 3 aromatic rings. The van der Waals surface area contributed by atoms with Crippen LogP contribution in [0.5, 0.6) is 0 Å². The SMILES string of the molecule is CCCCCn1c(-c2ccc(C)cc2)csc1=Nc1ccc(C)cc1. The summed E-state index contributed by atoms with van der Waals surface area (Å²) >= 11 is 1.73. The van der Waals surface area contributed by atoms with Gasteiger partial charge in [0.1, 0.15) is 0 Å². The van der Waals surface area contributed by atoms with Crippen molar-refractivity contribution in [3.8, 4) is 11.3 Å². The number of hydrogen-bond acceptors (Lipinski definition) is 2. The molecular weight excluding hydrogens is 324 g/mol. The van der Waals surface area contributed by atoms with Gasteiger partial charge in [0.25, 0.3) is 0 Å². The number of benzene rings is 2. The monoisotopic (exact) mass is 350 g/mol. The van der Waals surface area contributed by atoms with E-state index in [2.05, 4.69) is 79.2 Å². The molecule has 130 valence electrons. The maximum absolute atomic E-state index is 4.91. The summed E-state index contributed by atoms with van der Waals surface area (Å²) in [6.45, 7) is 7.50. The van der Waals surface area contributed by atoms with Gasteiger partial charge in [0.05, 0.1) is 11.4 Å². The number of rotatable bonds is 6. The van der Waals surface area contributed by atoms with E-state index in [1.165, 1.54) is 41.6 Å². The van der Waals surface area contributed by atoms with E-state index < -0.39 is 0 Å². The van der Waals surface area contributed by atoms with E-state index in [1.54, 1.807) is 11.3 Å². The molecule has 0 bridgehead atoms. The van der Waals surface area contributed by atoms with Gasteiger partial charge in [-0.2, -0.15) is 0 Å². The van der Waals surface area contributed by atoms with Gasteiger partial charge in [-0.05, 0) is 38.0 Å². The van der Waals surface area contributed by atoms with E-state index in [1.807, 2.05) is 0 Å². The van der Waals surface area contributed by atoms with Crippen molar-refractivity contribution in [3.05, 3.63) is 69.8 Å². The maximum Gasteiger partial charge on any atom is 0.190 e. The Balaban J connectivity index is 2.02. The second kappa shape index (κ2) is 8.30. The van der Waals surface area contributed by atoms with Gasteiger partial charge < -0.3 is 4.57 Å². The van der Waals surface area contributed by atoms with Gasteiger partial charge in [-0.25, -0.2) is 4.99 Å². The predicted molar refractivity (Wildman–Crippen MR) is 108 cm³/mol. The molecule has 0 amide bonds. The number of aryl methyl sites for hydroxylation is 2. The van der Waals surface area contributed by atoms with Crippen molar-refractivity contribution in [2.45, 2.75) is 46.6 Å². The van der Waals surface area contributed by atoms with Gasteiger partial charge in [0.2, 0.25) is 0 Å². The highest BCUT2D eigenvalue weighted by Crippen LogP contribution is 2.22. The van der Waals surface area contributed by atoms with Crippen molar-refractivity contribution in [2.24, 2.45) is 4.99 Å². The zero-order chi connectivity index (χ0) is 17.6. The highest BCUT2D eigenvalue weighted by molar-refractivity contribution is 7.07. The summed E-state index contributed by atoms with van der Waals surface area (Å²) in [5.74, 6) is 0. The Morgan fingerprint density at radius 2 is 1.52 bits per heavy atom. The fourth-order valence-electron chi connectivity index (χ4n) is 2.84. The molecule has 0 N–H and O–H groups in total. The molecule has 0 fully saturated rings. The largest absolute Gasteiger partial charge is 0.316 e. The van der Waals surface area contributed by atoms with Gasteiger partial charge in [-0.3, -0.25) is 0 Å². The fraction of sp³-hybridized carbons (Fsp3) is 0.318. The Labute approximate surface area is 154 Å². The van der Waals surface area contributed by atoms with E-state index in [0.29, 0.717) is 0 Å². The first-order valence-corrected chi connectivity index (χ1v) is 9.92. The van der Waals surface area contributed by atoms with Crippen LogP contribution in [0.2, 0.25) is 0 Å². The molecule has 0 saturated heterocycles. The number of unbranched alkanes of at least 4 members (excludes halogenated alkanes) is 2. The van der Waals surface area contributed by atoms with Crippen molar-refractivity contribution >= 4 is 17.0 Å². The second-order valence-corrected chi connectivity index (χ2v) is 7.41. The Morgan fingerprint density at radius 1 is 0.880 bits per heavy atom. The molecule has 1 heterocycles. The fourth-order valence-corrected chi connectivity index (χ4v) is 3.79. The minimum Gasteiger partial charge on any atom is -0.316 e. The van der Waals surface area contributed by atoms with Crippen LogP contribution in [0.15, 0.2) is 58.9 Å². The Hall–Kier alpha value is -2.13. The van der Waals surface area contributed by atoms with Gasteiger partial charge >= 0.3 is 0 Å². The summed E-state index contributed by atoms with van der Waals surface area (Å²) in [4.78, 5) is 5.99. The first kappa shape index (κ1) is 17.7. The van der Waals surface area contributed by atoms with E-state index in [0.717, 1.165) is 17.0 Å². The second-order valence-electron chi connectivity index (χ2n) is 6.58. The van der Waals surface area contributed by atoms with Crippen molar-refractivity contribution in [1.82, 2.24) is 4.57 Å². The van der Waals surface area contributed by atoms with Crippen LogP contribution in [0, 0.1) is 13.8 Å². The molecule has 3 heteroatoms. The number of hydrogen-bond donors (Lipinski definition) is 0. The molecule has 1 aromatic heterocycles. The van der Waals surface area contributed by atoms with E-state index in [-0.39, 0.29) is 0 Å². The molecule has 0 saturated carbocycles. The molecular formula is C22H26N2S. The number of nitrogens with zero attached hydrogens (tertiary/aromatic N) is 2. The molecule has 2 aromatic carbocycles. The average molecular weight is 351 g/mol. The summed E-state index contributed by atoms with van der Waals surface area (Å²) in [6, 6.07) is 17.2. The molecule has 0 unspecified atom stereocenters. The lowest BCUT2D eigenvalue weighted by molar-refractivity contribution is 0.596. The number of thiazole rings is 1. The van der Waals surface area contributed by atoms with Crippen molar-refractivity contribution in [2.75, 3.05) is 0 Å².